The standard InChI is InChI=1S/C19H14O/c1-2-6-14(7-3-1)12-15-10-11-19-17(13-15)16-8-4-5-9-18(16)20-19/h1-11,13H,12H2. The lowest BCUT2D eigenvalue weighted by atomic mass is 10.0. The number of hydrogen-bond acceptors (Lipinski definition) is 1. The molecule has 1 aromatic heterocycles. The molecule has 0 saturated heterocycles. The van der Waals surface area contributed by atoms with E-state index in [1.54, 1.807) is 0 Å². The Balaban J connectivity index is 1.83. The van der Waals surface area contributed by atoms with Crippen LogP contribution >= 0.6 is 0 Å². The van der Waals surface area contributed by atoms with E-state index in [1.165, 1.54) is 21.9 Å². The maximum Gasteiger partial charge on any atom is 0.135 e. The van der Waals surface area contributed by atoms with Gasteiger partial charge >= 0.3 is 0 Å². The average molecular weight is 258 g/mol. The van der Waals surface area contributed by atoms with E-state index in [0.717, 1.165) is 17.6 Å². The van der Waals surface area contributed by atoms with Crippen LogP contribution in [0.2, 0.25) is 0 Å². The first-order valence-electron chi connectivity index (χ1n) is 6.84. The fourth-order valence-electron chi connectivity index (χ4n) is 2.71. The van der Waals surface area contributed by atoms with Crippen LogP contribution in [0.3, 0.4) is 0 Å². The van der Waals surface area contributed by atoms with Crippen molar-refractivity contribution in [2.45, 2.75) is 6.42 Å². The Morgan fingerprint density at radius 2 is 1.35 bits per heavy atom. The van der Waals surface area contributed by atoms with Gasteiger partial charge in [0.15, 0.2) is 0 Å². The highest BCUT2D eigenvalue weighted by molar-refractivity contribution is 6.04. The third-order valence-electron chi connectivity index (χ3n) is 3.69. The van der Waals surface area contributed by atoms with Gasteiger partial charge in [0.2, 0.25) is 0 Å². The molecule has 1 heterocycles. The van der Waals surface area contributed by atoms with Crippen LogP contribution in [0.4, 0.5) is 0 Å². The second kappa shape index (κ2) is 4.53. The van der Waals surface area contributed by atoms with Crippen LogP contribution < -0.4 is 0 Å². The zero-order chi connectivity index (χ0) is 13.4. The Morgan fingerprint density at radius 1 is 0.600 bits per heavy atom. The molecule has 0 aliphatic rings. The maximum atomic E-state index is 5.86. The van der Waals surface area contributed by atoms with Crippen LogP contribution in [0.5, 0.6) is 0 Å². The number of fused-ring (bicyclic) bond motifs is 3. The second-order valence-corrected chi connectivity index (χ2v) is 5.09. The Hall–Kier alpha value is -2.54. The Kier molecular flexibility index (Phi) is 2.56. The molecule has 0 N–H and O–H groups in total. The molecular weight excluding hydrogens is 244 g/mol. The van der Waals surface area contributed by atoms with Crippen LogP contribution in [0.25, 0.3) is 21.9 Å². The van der Waals surface area contributed by atoms with E-state index in [1.807, 2.05) is 12.1 Å². The van der Waals surface area contributed by atoms with Crippen molar-refractivity contribution in [3.05, 3.63) is 83.9 Å². The van der Waals surface area contributed by atoms with Gasteiger partial charge in [0.05, 0.1) is 0 Å². The van der Waals surface area contributed by atoms with Gasteiger partial charge in [-0.1, -0.05) is 54.6 Å². The minimum absolute atomic E-state index is 0.955. The lowest BCUT2D eigenvalue weighted by molar-refractivity contribution is 0.669. The van der Waals surface area contributed by atoms with Gasteiger partial charge in [0.25, 0.3) is 0 Å². The van der Waals surface area contributed by atoms with Crippen molar-refractivity contribution in [1.29, 1.82) is 0 Å². The van der Waals surface area contributed by atoms with Crippen molar-refractivity contribution in [1.82, 2.24) is 0 Å². The molecule has 0 fully saturated rings. The summed E-state index contributed by atoms with van der Waals surface area (Å²) >= 11 is 0. The quantitative estimate of drug-likeness (QED) is 0.483. The van der Waals surface area contributed by atoms with E-state index in [9.17, 15) is 0 Å². The number of rotatable bonds is 2. The third kappa shape index (κ3) is 1.88. The Bertz CT molecular complexity index is 872. The smallest absolute Gasteiger partial charge is 0.135 e. The summed E-state index contributed by atoms with van der Waals surface area (Å²) in [5.41, 5.74) is 4.57. The first-order valence-corrected chi connectivity index (χ1v) is 6.84. The summed E-state index contributed by atoms with van der Waals surface area (Å²) < 4.78 is 5.86. The fourth-order valence-corrected chi connectivity index (χ4v) is 2.71. The zero-order valence-electron chi connectivity index (χ0n) is 11.0. The lowest BCUT2D eigenvalue weighted by Gasteiger charge is -2.01. The van der Waals surface area contributed by atoms with Crippen LogP contribution in [-0.2, 0) is 6.42 Å². The summed E-state index contributed by atoms with van der Waals surface area (Å²) in [6.07, 6.45) is 0.955. The summed E-state index contributed by atoms with van der Waals surface area (Å²) in [6.45, 7) is 0. The molecule has 0 bridgehead atoms. The van der Waals surface area contributed by atoms with Crippen molar-refractivity contribution >= 4 is 21.9 Å². The summed E-state index contributed by atoms with van der Waals surface area (Å²) in [7, 11) is 0. The van der Waals surface area contributed by atoms with E-state index < -0.39 is 0 Å². The number of para-hydroxylation sites is 1. The van der Waals surface area contributed by atoms with E-state index >= 15 is 0 Å². The van der Waals surface area contributed by atoms with E-state index in [0.29, 0.717) is 0 Å². The van der Waals surface area contributed by atoms with Crippen molar-refractivity contribution in [2.24, 2.45) is 0 Å². The average Bonchev–Trinajstić information content (AvgIpc) is 2.86. The minimum Gasteiger partial charge on any atom is -0.456 e. The molecule has 0 atom stereocenters. The van der Waals surface area contributed by atoms with Crippen LogP contribution in [0, 0.1) is 0 Å². The zero-order valence-corrected chi connectivity index (χ0v) is 11.0. The topological polar surface area (TPSA) is 13.1 Å². The summed E-state index contributed by atoms with van der Waals surface area (Å²) in [6, 6.07) is 25.2. The Labute approximate surface area is 117 Å². The van der Waals surface area contributed by atoms with Crippen molar-refractivity contribution < 1.29 is 4.42 Å². The molecule has 1 heteroatoms. The monoisotopic (exact) mass is 258 g/mol. The van der Waals surface area contributed by atoms with Gasteiger partial charge in [-0.2, -0.15) is 0 Å². The van der Waals surface area contributed by atoms with Gasteiger partial charge < -0.3 is 4.42 Å². The van der Waals surface area contributed by atoms with Gasteiger partial charge in [0, 0.05) is 10.8 Å². The molecule has 0 saturated carbocycles. The van der Waals surface area contributed by atoms with Gasteiger partial charge in [-0.3, -0.25) is 0 Å². The minimum atomic E-state index is 0.955. The predicted octanol–water partition coefficient (Wildman–Crippen LogP) is 5.18. The molecule has 96 valence electrons. The first kappa shape index (κ1) is 11.3. The molecule has 0 aliphatic heterocycles. The van der Waals surface area contributed by atoms with Gasteiger partial charge in [-0.25, -0.2) is 0 Å². The largest absolute Gasteiger partial charge is 0.456 e. The summed E-state index contributed by atoms with van der Waals surface area (Å²) in [4.78, 5) is 0. The second-order valence-electron chi connectivity index (χ2n) is 5.09. The van der Waals surface area contributed by atoms with Gasteiger partial charge in [-0.05, 0) is 35.7 Å². The molecule has 3 aromatic carbocycles. The SMILES string of the molecule is c1ccc(Cc2ccc3oc4ccccc4c3c2)cc1. The molecule has 0 unspecified atom stereocenters. The summed E-state index contributed by atoms with van der Waals surface area (Å²) in [5.74, 6) is 0. The molecule has 0 spiro atoms. The van der Waals surface area contributed by atoms with E-state index in [2.05, 4.69) is 60.7 Å². The third-order valence-corrected chi connectivity index (χ3v) is 3.69. The molecule has 20 heavy (non-hydrogen) atoms. The van der Waals surface area contributed by atoms with Gasteiger partial charge in [-0.15, -0.1) is 0 Å². The van der Waals surface area contributed by atoms with Crippen molar-refractivity contribution in [3.8, 4) is 0 Å². The highest BCUT2D eigenvalue weighted by Gasteiger charge is 2.06. The number of hydrogen-bond donors (Lipinski definition) is 0. The van der Waals surface area contributed by atoms with Crippen molar-refractivity contribution in [3.63, 3.8) is 0 Å². The fraction of sp³-hybridized carbons (Fsp3) is 0.0526. The first-order chi connectivity index (χ1) is 9.90. The molecule has 0 amide bonds. The molecule has 4 aromatic rings. The van der Waals surface area contributed by atoms with Gasteiger partial charge in [0.1, 0.15) is 11.2 Å². The predicted molar refractivity (Wildman–Crippen MR) is 83.0 cm³/mol. The van der Waals surface area contributed by atoms with Crippen molar-refractivity contribution in [2.75, 3.05) is 0 Å². The van der Waals surface area contributed by atoms with E-state index in [4.69, 9.17) is 4.42 Å². The summed E-state index contributed by atoms with van der Waals surface area (Å²) in [5, 5.41) is 2.39. The normalized spacial score (nSPS) is 11.2. The molecule has 0 radical (unpaired) electrons. The number of furan rings is 1. The molecule has 4 rings (SSSR count). The molecule has 1 nitrogen and oxygen atoms in total. The van der Waals surface area contributed by atoms with Crippen LogP contribution in [-0.4, -0.2) is 0 Å². The highest BCUT2D eigenvalue weighted by atomic mass is 16.3. The van der Waals surface area contributed by atoms with Crippen LogP contribution in [0.15, 0.2) is 77.2 Å². The number of benzene rings is 3. The van der Waals surface area contributed by atoms with E-state index in [-0.39, 0.29) is 0 Å². The van der Waals surface area contributed by atoms with Crippen LogP contribution in [0.1, 0.15) is 11.1 Å². The Morgan fingerprint density at radius 3 is 2.25 bits per heavy atom. The highest BCUT2D eigenvalue weighted by Crippen LogP contribution is 2.29. The maximum absolute atomic E-state index is 5.86. The molecule has 0 aliphatic carbocycles. The molecular formula is C19H14O. The lowest BCUT2D eigenvalue weighted by Crippen LogP contribution is -1.86.